The molecule has 4 aliphatic rings. The van der Waals surface area contributed by atoms with Gasteiger partial charge in [0.25, 0.3) is 0 Å². The zero-order valence-electron chi connectivity index (χ0n) is 31.2. The Morgan fingerprint density at radius 3 is 2.08 bits per heavy atom. The molecule has 0 amide bonds. The number of nitrogens with zero attached hydrogens (tertiary/aromatic N) is 3. The normalized spacial score (nSPS) is 23.9. The third-order valence-corrected chi connectivity index (χ3v) is 14.8. The van der Waals surface area contributed by atoms with Gasteiger partial charge in [0.05, 0.1) is 19.3 Å². The van der Waals surface area contributed by atoms with E-state index >= 15 is 0 Å². The van der Waals surface area contributed by atoms with Gasteiger partial charge in [-0.05, 0) is 108 Å². The van der Waals surface area contributed by atoms with Gasteiger partial charge in [-0.25, -0.2) is 4.68 Å². The van der Waals surface area contributed by atoms with Gasteiger partial charge in [-0.2, -0.15) is 5.10 Å². The minimum Gasteiger partial charge on any atom is -0.497 e. The fourth-order valence-corrected chi connectivity index (χ4v) is 9.99. The molecule has 7 rings (SSSR count). The molecule has 0 spiro atoms. The van der Waals surface area contributed by atoms with Crippen molar-refractivity contribution in [3.63, 3.8) is 0 Å². The maximum Gasteiger partial charge on any atom is 0.139 e. The van der Waals surface area contributed by atoms with Crippen molar-refractivity contribution in [1.82, 2.24) is 14.7 Å². The molecule has 2 heterocycles. The van der Waals surface area contributed by atoms with Crippen LogP contribution in [0.15, 0.2) is 48.2 Å². The standard InChI is InChI=1S/C40H60N4O3Si2/c1-45-35-15-14-30-10-13-32(23-33(30)24-35)36-25-41-44-39(36)42-38(34-21-28-8-9-29(20-28)22-34)37(31-11-12-31)40(44)43(26-46-16-18-48(2,3)4)27-47-17-19-49(5,6)7/h10,13-15,23-25,28-29,31,34,38,42H,8-9,11-12,16-22,26-27H2,1-7H3/t28-,29+,34?,38?. The Kier molecular flexibility index (Phi) is 10.1. The van der Waals surface area contributed by atoms with Crippen LogP contribution < -0.4 is 10.1 Å². The van der Waals surface area contributed by atoms with E-state index in [1.54, 1.807) is 12.7 Å². The fraction of sp³-hybridized carbons (Fsp3) is 0.625. The topological polar surface area (TPSA) is 60.8 Å². The van der Waals surface area contributed by atoms with E-state index in [-0.39, 0.29) is 0 Å². The molecule has 9 heteroatoms. The molecule has 2 unspecified atom stereocenters. The minimum absolute atomic E-state index is 0.306. The van der Waals surface area contributed by atoms with E-state index in [0.717, 1.165) is 54.3 Å². The van der Waals surface area contributed by atoms with Crippen LogP contribution in [0.2, 0.25) is 51.4 Å². The first-order valence-electron chi connectivity index (χ1n) is 19.0. The molecule has 3 fully saturated rings. The van der Waals surface area contributed by atoms with Crippen molar-refractivity contribution < 1.29 is 14.2 Å². The molecule has 49 heavy (non-hydrogen) atoms. The third kappa shape index (κ3) is 8.16. The van der Waals surface area contributed by atoms with Crippen LogP contribution in [0.5, 0.6) is 5.75 Å². The van der Waals surface area contributed by atoms with E-state index < -0.39 is 16.1 Å². The summed E-state index contributed by atoms with van der Waals surface area (Å²) in [7, 11) is -0.699. The van der Waals surface area contributed by atoms with Gasteiger partial charge in [-0.3, -0.25) is 0 Å². The van der Waals surface area contributed by atoms with Gasteiger partial charge in [0.1, 0.15) is 30.8 Å². The number of methoxy groups -OCH3 is 1. The Labute approximate surface area is 296 Å². The zero-order chi connectivity index (χ0) is 34.3. The number of aromatic nitrogens is 2. The maximum absolute atomic E-state index is 6.55. The number of benzene rings is 2. The summed E-state index contributed by atoms with van der Waals surface area (Å²) >= 11 is 0. The van der Waals surface area contributed by atoms with Gasteiger partial charge in [-0.1, -0.05) is 70.3 Å². The highest BCUT2D eigenvalue weighted by Crippen LogP contribution is 2.53. The van der Waals surface area contributed by atoms with E-state index in [2.05, 4.69) is 90.7 Å². The Morgan fingerprint density at radius 1 is 0.816 bits per heavy atom. The molecule has 1 aliphatic heterocycles. The summed E-state index contributed by atoms with van der Waals surface area (Å²) in [6, 6.07) is 15.7. The van der Waals surface area contributed by atoms with Gasteiger partial charge in [0.2, 0.25) is 0 Å². The lowest BCUT2D eigenvalue weighted by atomic mass is 9.74. The first-order chi connectivity index (χ1) is 23.5. The predicted octanol–water partition coefficient (Wildman–Crippen LogP) is 9.84. The Morgan fingerprint density at radius 2 is 1.47 bits per heavy atom. The minimum atomic E-state index is -1.22. The summed E-state index contributed by atoms with van der Waals surface area (Å²) in [6.45, 7) is 17.2. The summed E-state index contributed by atoms with van der Waals surface area (Å²) in [4.78, 5) is 2.40. The smallest absolute Gasteiger partial charge is 0.139 e. The van der Waals surface area contributed by atoms with Crippen molar-refractivity contribution in [2.75, 3.05) is 39.1 Å². The number of rotatable bonds is 15. The molecule has 0 radical (unpaired) electrons. The van der Waals surface area contributed by atoms with E-state index in [0.29, 0.717) is 31.3 Å². The first-order valence-corrected chi connectivity index (χ1v) is 26.4. The lowest BCUT2D eigenvalue weighted by molar-refractivity contribution is -0.0102. The zero-order valence-corrected chi connectivity index (χ0v) is 33.2. The average molecular weight is 701 g/mol. The van der Waals surface area contributed by atoms with Crippen molar-refractivity contribution in [3.8, 4) is 16.9 Å². The second kappa shape index (κ2) is 14.2. The number of hydrogen-bond donors (Lipinski definition) is 1. The van der Waals surface area contributed by atoms with E-state index in [1.165, 1.54) is 67.1 Å². The Hall–Kier alpha value is -2.60. The second-order valence-electron chi connectivity index (χ2n) is 17.9. The van der Waals surface area contributed by atoms with Gasteiger partial charge < -0.3 is 24.4 Å². The molecule has 3 aliphatic carbocycles. The molecule has 4 atom stereocenters. The summed E-state index contributed by atoms with van der Waals surface area (Å²) in [5.74, 6) is 6.19. The lowest BCUT2D eigenvalue weighted by Crippen LogP contribution is -2.44. The fourth-order valence-electron chi connectivity index (χ4n) is 8.48. The van der Waals surface area contributed by atoms with Crippen LogP contribution >= 0.6 is 0 Å². The number of hydrogen-bond acceptors (Lipinski definition) is 6. The molecule has 0 saturated heterocycles. The molecule has 2 aromatic carbocycles. The van der Waals surface area contributed by atoms with Gasteiger partial charge >= 0.3 is 0 Å². The molecule has 266 valence electrons. The summed E-state index contributed by atoms with van der Waals surface area (Å²) in [6.07, 6.45) is 11.5. The maximum atomic E-state index is 6.55. The predicted molar refractivity (Wildman–Crippen MR) is 208 cm³/mol. The van der Waals surface area contributed by atoms with Crippen LogP contribution in [0.3, 0.4) is 0 Å². The van der Waals surface area contributed by atoms with Crippen LogP contribution in [-0.2, 0) is 9.47 Å². The summed E-state index contributed by atoms with van der Waals surface area (Å²) in [5.41, 5.74) is 3.88. The number of nitrogens with one attached hydrogen (secondary N) is 1. The van der Waals surface area contributed by atoms with Crippen molar-refractivity contribution in [3.05, 3.63) is 48.2 Å². The average Bonchev–Trinajstić information content (AvgIpc) is 3.73. The number of anilines is 1. The second-order valence-corrected chi connectivity index (χ2v) is 29.2. The van der Waals surface area contributed by atoms with Gasteiger partial charge in [0, 0.05) is 34.9 Å². The summed E-state index contributed by atoms with van der Waals surface area (Å²) < 4.78 is 20.9. The van der Waals surface area contributed by atoms with Crippen molar-refractivity contribution in [1.29, 1.82) is 0 Å². The van der Waals surface area contributed by atoms with E-state index in [9.17, 15) is 0 Å². The van der Waals surface area contributed by atoms with Gasteiger partial charge in [-0.15, -0.1) is 0 Å². The van der Waals surface area contributed by atoms with Crippen LogP contribution in [0.1, 0.15) is 44.9 Å². The van der Waals surface area contributed by atoms with Crippen molar-refractivity contribution >= 4 is 38.6 Å². The Bertz CT molecular complexity index is 1620. The number of ether oxygens (including phenoxy) is 3. The largest absolute Gasteiger partial charge is 0.497 e. The first kappa shape index (κ1) is 34.8. The Balaban J connectivity index is 1.29. The van der Waals surface area contributed by atoms with Gasteiger partial charge in [0.15, 0.2) is 0 Å². The third-order valence-electron chi connectivity index (χ3n) is 11.4. The molecule has 7 nitrogen and oxygen atoms in total. The molecule has 2 bridgehead atoms. The molecule has 1 aromatic heterocycles. The highest BCUT2D eigenvalue weighted by atomic mass is 28.3. The van der Waals surface area contributed by atoms with Crippen molar-refractivity contribution in [2.45, 2.75) is 102 Å². The lowest BCUT2D eigenvalue weighted by Gasteiger charge is -2.42. The monoisotopic (exact) mass is 700 g/mol. The molecule has 3 aromatic rings. The quantitative estimate of drug-likeness (QED) is 0.0968. The SMILES string of the molecule is COc1ccc2ccc(-c3cnn4c3NC(C3C[C@H]5CC[C@@H](C3)C5)C(C3CC3)=C4N(COCC[Si](C)(C)C)COCC[Si](C)(C)C)cc2c1. The molecule has 1 N–H and O–H groups in total. The van der Waals surface area contributed by atoms with Crippen LogP contribution in [0, 0.1) is 23.7 Å². The van der Waals surface area contributed by atoms with Crippen molar-refractivity contribution in [2.24, 2.45) is 23.7 Å². The summed E-state index contributed by atoms with van der Waals surface area (Å²) in [5, 5.41) is 11.8. The van der Waals surface area contributed by atoms with Crippen LogP contribution in [0.4, 0.5) is 5.82 Å². The van der Waals surface area contributed by atoms with Crippen LogP contribution in [-0.4, -0.2) is 70.7 Å². The number of fused-ring (bicyclic) bond motifs is 4. The molecule has 3 saturated carbocycles. The van der Waals surface area contributed by atoms with E-state index in [4.69, 9.17) is 19.3 Å². The highest BCUT2D eigenvalue weighted by Gasteiger charge is 2.46. The van der Waals surface area contributed by atoms with E-state index in [1.807, 2.05) is 6.07 Å². The molecular weight excluding hydrogens is 641 g/mol. The van der Waals surface area contributed by atoms with Crippen LogP contribution in [0.25, 0.3) is 27.7 Å². The molecular formula is C40H60N4O3Si2. The highest BCUT2D eigenvalue weighted by molar-refractivity contribution is 6.76.